The van der Waals surface area contributed by atoms with Gasteiger partial charge in [0, 0.05) is 23.6 Å². The predicted molar refractivity (Wildman–Crippen MR) is 87.9 cm³/mol. The van der Waals surface area contributed by atoms with Crippen LogP contribution in [0.5, 0.6) is 0 Å². The van der Waals surface area contributed by atoms with Gasteiger partial charge < -0.3 is 10.3 Å². The molecule has 0 spiro atoms. The van der Waals surface area contributed by atoms with Crippen LogP contribution < -0.4 is 5.73 Å². The van der Waals surface area contributed by atoms with Gasteiger partial charge in [-0.1, -0.05) is 17.3 Å². The minimum atomic E-state index is -0.664. The van der Waals surface area contributed by atoms with Crippen molar-refractivity contribution in [3.8, 4) is 22.8 Å². The first-order chi connectivity index (χ1) is 12.0. The van der Waals surface area contributed by atoms with Crippen molar-refractivity contribution in [1.82, 2.24) is 19.9 Å². The first-order valence-corrected chi connectivity index (χ1v) is 7.38. The number of halogens is 1. The molecule has 0 atom stereocenters. The number of amides is 1. The Labute approximate surface area is 140 Å². The van der Waals surface area contributed by atoms with E-state index in [-0.39, 0.29) is 17.0 Å². The third-order valence-electron chi connectivity index (χ3n) is 3.91. The van der Waals surface area contributed by atoms with Gasteiger partial charge in [-0.25, -0.2) is 4.39 Å². The second-order valence-corrected chi connectivity index (χ2v) is 5.52. The minimum absolute atomic E-state index is 0.0247. The standard InChI is InChI=1S/C17H12FN5O2/c1-23-14-7-10(2-3-11(14)8-20-23)16-21-17(25-22-16)12-6-9(15(19)24)4-5-13(12)18/h2-8H,1H3,(H2,19,24). The van der Waals surface area contributed by atoms with Gasteiger partial charge in [-0.3, -0.25) is 9.48 Å². The summed E-state index contributed by atoms with van der Waals surface area (Å²) < 4.78 is 21.0. The Morgan fingerprint density at radius 2 is 2.08 bits per heavy atom. The quantitative estimate of drug-likeness (QED) is 0.619. The molecule has 2 aromatic carbocycles. The second-order valence-electron chi connectivity index (χ2n) is 5.52. The highest BCUT2D eigenvalue weighted by Crippen LogP contribution is 2.27. The van der Waals surface area contributed by atoms with Crippen LogP contribution in [0.2, 0.25) is 0 Å². The molecule has 0 fully saturated rings. The Bertz CT molecular complexity index is 1120. The van der Waals surface area contributed by atoms with Crippen molar-refractivity contribution in [2.75, 3.05) is 0 Å². The summed E-state index contributed by atoms with van der Waals surface area (Å²) >= 11 is 0. The molecular formula is C17H12FN5O2. The van der Waals surface area contributed by atoms with E-state index in [1.807, 2.05) is 25.2 Å². The first-order valence-electron chi connectivity index (χ1n) is 7.38. The van der Waals surface area contributed by atoms with Gasteiger partial charge in [-0.2, -0.15) is 10.1 Å². The number of carbonyl (C=O) groups is 1. The van der Waals surface area contributed by atoms with Crippen molar-refractivity contribution in [2.45, 2.75) is 0 Å². The number of hydrogen-bond donors (Lipinski definition) is 1. The van der Waals surface area contributed by atoms with E-state index in [1.54, 1.807) is 10.9 Å². The van der Waals surface area contributed by atoms with E-state index in [0.717, 1.165) is 17.0 Å². The smallest absolute Gasteiger partial charge is 0.261 e. The number of hydrogen-bond acceptors (Lipinski definition) is 5. The van der Waals surface area contributed by atoms with Crippen LogP contribution in [0.1, 0.15) is 10.4 Å². The normalized spacial score (nSPS) is 11.1. The molecule has 0 bridgehead atoms. The van der Waals surface area contributed by atoms with Gasteiger partial charge in [-0.05, 0) is 24.3 Å². The minimum Gasteiger partial charge on any atom is -0.366 e. The Hall–Kier alpha value is -3.55. The molecule has 7 nitrogen and oxygen atoms in total. The van der Waals surface area contributed by atoms with Crippen molar-refractivity contribution in [3.05, 3.63) is 54.0 Å². The molecule has 0 unspecified atom stereocenters. The fourth-order valence-electron chi connectivity index (χ4n) is 2.58. The van der Waals surface area contributed by atoms with Crippen molar-refractivity contribution in [3.63, 3.8) is 0 Å². The lowest BCUT2D eigenvalue weighted by Crippen LogP contribution is -2.11. The zero-order chi connectivity index (χ0) is 17.6. The van der Waals surface area contributed by atoms with Crippen LogP contribution in [0.25, 0.3) is 33.7 Å². The molecule has 0 aliphatic heterocycles. The van der Waals surface area contributed by atoms with Crippen molar-refractivity contribution < 1.29 is 13.7 Å². The molecule has 124 valence electrons. The van der Waals surface area contributed by atoms with Gasteiger partial charge >= 0.3 is 0 Å². The molecule has 8 heteroatoms. The molecular weight excluding hydrogens is 325 g/mol. The summed E-state index contributed by atoms with van der Waals surface area (Å²) in [5.41, 5.74) is 7.03. The zero-order valence-corrected chi connectivity index (χ0v) is 13.1. The highest BCUT2D eigenvalue weighted by Gasteiger charge is 2.17. The molecule has 0 aliphatic carbocycles. The molecule has 1 amide bonds. The number of carbonyl (C=O) groups excluding carboxylic acids is 1. The molecule has 0 saturated heterocycles. The van der Waals surface area contributed by atoms with E-state index in [0.29, 0.717) is 11.4 Å². The third-order valence-corrected chi connectivity index (χ3v) is 3.91. The van der Waals surface area contributed by atoms with Gasteiger partial charge in [0.2, 0.25) is 11.7 Å². The van der Waals surface area contributed by atoms with Crippen LogP contribution in [-0.2, 0) is 7.05 Å². The average Bonchev–Trinajstić information content (AvgIpc) is 3.22. The summed E-state index contributed by atoms with van der Waals surface area (Å²) in [7, 11) is 1.83. The number of fused-ring (bicyclic) bond motifs is 1. The van der Waals surface area contributed by atoms with E-state index < -0.39 is 11.7 Å². The Balaban J connectivity index is 1.78. The van der Waals surface area contributed by atoms with Crippen molar-refractivity contribution in [2.24, 2.45) is 12.8 Å². The molecule has 25 heavy (non-hydrogen) atoms. The lowest BCUT2D eigenvalue weighted by Gasteiger charge is -2.00. The fraction of sp³-hybridized carbons (Fsp3) is 0.0588. The van der Waals surface area contributed by atoms with Crippen LogP contribution >= 0.6 is 0 Å². The van der Waals surface area contributed by atoms with Crippen LogP contribution in [0, 0.1) is 5.82 Å². The molecule has 0 radical (unpaired) electrons. The summed E-state index contributed by atoms with van der Waals surface area (Å²) in [5.74, 6) is -0.965. The lowest BCUT2D eigenvalue weighted by molar-refractivity contribution is 0.100. The number of nitrogens with zero attached hydrogens (tertiary/aromatic N) is 4. The molecule has 4 aromatic rings. The molecule has 0 saturated carbocycles. The van der Waals surface area contributed by atoms with E-state index in [9.17, 15) is 9.18 Å². The maximum atomic E-state index is 14.1. The van der Waals surface area contributed by atoms with Gasteiger partial charge in [-0.15, -0.1) is 0 Å². The van der Waals surface area contributed by atoms with Crippen molar-refractivity contribution >= 4 is 16.8 Å². The van der Waals surface area contributed by atoms with E-state index in [4.69, 9.17) is 10.3 Å². The molecule has 2 N–H and O–H groups in total. The summed E-state index contributed by atoms with van der Waals surface area (Å²) in [4.78, 5) is 15.5. The lowest BCUT2D eigenvalue weighted by atomic mass is 10.1. The van der Waals surface area contributed by atoms with Gasteiger partial charge in [0.25, 0.3) is 5.89 Å². The Kier molecular flexibility index (Phi) is 3.31. The second kappa shape index (κ2) is 5.52. The predicted octanol–water partition coefficient (Wildman–Crippen LogP) is 2.53. The van der Waals surface area contributed by atoms with Gasteiger partial charge in [0.05, 0.1) is 17.3 Å². The molecule has 0 aliphatic rings. The van der Waals surface area contributed by atoms with Crippen LogP contribution in [0.3, 0.4) is 0 Å². The largest absolute Gasteiger partial charge is 0.366 e. The van der Waals surface area contributed by atoms with E-state index in [1.165, 1.54) is 12.1 Å². The van der Waals surface area contributed by atoms with E-state index in [2.05, 4.69) is 15.2 Å². The Morgan fingerprint density at radius 3 is 2.88 bits per heavy atom. The number of aryl methyl sites for hydroxylation is 1. The Morgan fingerprint density at radius 1 is 1.24 bits per heavy atom. The number of primary amides is 1. The maximum Gasteiger partial charge on any atom is 0.261 e. The molecule has 2 heterocycles. The SMILES string of the molecule is Cn1ncc2ccc(-c3noc(-c4cc(C(N)=O)ccc4F)n3)cc21. The van der Waals surface area contributed by atoms with Crippen LogP contribution in [0.4, 0.5) is 4.39 Å². The topological polar surface area (TPSA) is 99.8 Å². The zero-order valence-electron chi connectivity index (χ0n) is 13.1. The van der Waals surface area contributed by atoms with Gasteiger partial charge in [0.15, 0.2) is 0 Å². The molecule has 4 rings (SSSR count). The first kappa shape index (κ1) is 15.0. The third kappa shape index (κ3) is 2.53. The summed E-state index contributed by atoms with van der Waals surface area (Å²) in [5, 5.41) is 9.06. The summed E-state index contributed by atoms with van der Waals surface area (Å²) in [6.07, 6.45) is 1.76. The number of rotatable bonds is 3. The maximum absolute atomic E-state index is 14.1. The highest BCUT2D eigenvalue weighted by molar-refractivity contribution is 5.94. The monoisotopic (exact) mass is 337 g/mol. The van der Waals surface area contributed by atoms with E-state index >= 15 is 0 Å². The number of nitrogens with two attached hydrogens (primary N) is 1. The molecule has 2 aromatic heterocycles. The van der Waals surface area contributed by atoms with Gasteiger partial charge in [0.1, 0.15) is 5.82 Å². The van der Waals surface area contributed by atoms with Crippen LogP contribution in [0.15, 0.2) is 47.1 Å². The van der Waals surface area contributed by atoms with Crippen LogP contribution in [-0.4, -0.2) is 25.8 Å². The summed E-state index contributed by atoms with van der Waals surface area (Å²) in [6, 6.07) is 9.32. The summed E-state index contributed by atoms with van der Waals surface area (Å²) in [6.45, 7) is 0. The number of benzene rings is 2. The highest BCUT2D eigenvalue weighted by atomic mass is 19.1. The van der Waals surface area contributed by atoms with Crippen molar-refractivity contribution in [1.29, 1.82) is 0 Å². The fourth-order valence-corrected chi connectivity index (χ4v) is 2.58. The average molecular weight is 337 g/mol. The number of aromatic nitrogens is 4.